The van der Waals surface area contributed by atoms with Gasteiger partial charge in [0.25, 0.3) is 0 Å². The lowest BCUT2D eigenvalue weighted by Crippen LogP contribution is -2.28. The first-order valence-corrected chi connectivity index (χ1v) is 10.4. The molecule has 0 unspecified atom stereocenters. The second kappa shape index (κ2) is 9.06. The molecule has 0 saturated heterocycles. The third-order valence-corrected chi connectivity index (χ3v) is 5.68. The second-order valence-corrected chi connectivity index (χ2v) is 7.83. The molecule has 6 heteroatoms. The Bertz CT molecular complexity index is 967. The summed E-state index contributed by atoms with van der Waals surface area (Å²) in [7, 11) is 1.85. The molecule has 0 atom stereocenters. The molecule has 0 N–H and O–H groups in total. The van der Waals surface area contributed by atoms with Gasteiger partial charge < -0.3 is 9.47 Å². The van der Waals surface area contributed by atoms with E-state index in [4.69, 9.17) is 0 Å². The van der Waals surface area contributed by atoms with Gasteiger partial charge in [0.05, 0.1) is 5.75 Å². The fraction of sp³-hybridized carbons (Fsp3) is 0.318. The van der Waals surface area contributed by atoms with Gasteiger partial charge in [0.1, 0.15) is 0 Å². The Morgan fingerprint density at radius 2 is 1.89 bits per heavy atom. The Hall–Kier alpha value is -2.60. The fourth-order valence-electron chi connectivity index (χ4n) is 3.05. The van der Waals surface area contributed by atoms with E-state index in [9.17, 15) is 4.79 Å². The van der Waals surface area contributed by atoms with E-state index < -0.39 is 0 Å². The van der Waals surface area contributed by atoms with Crippen LogP contribution in [0.2, 0.25) is 0 Å². The lowest BCUT2D eigenvalue weighted by atomic mass is 10.1. The molecule has 3 aromatic rings. The van der Waals surface area contributed by atoms with E-state index in [-0.39, 0.29) is 5.91 Å². The smallest absolute Gasteiger partial charge is 0.233 e. The van der Waals surface area contributed by atoms with Crippen molar-refractivity contribution in [1.29, 1.82) is 0 Å². The lowest BCUT2D eigenvalue weighted by molar-refractivity contribution is -0.127. The number of amides is 1. The molecule has 0 saturated carbocycles. The summed E-state index contributed by atoms with van der Waals surface area (Å²) in [6.07, 6.45) is 0. The van der Waals surface area contributed by atoms with E-state index >= 15 is 0 Å². The van der Waals surface area contributed by atoms with Crippen LogP contribution in [0, 0.1) is 13.8 Å². The van der Waals surface area contributed by atoms with Crippen LogP contribution in [-0.4, -0.2) is 38.4 Å². The van der Waals surface area contributed by atoms with Crippen molar-refractivity contribution in [3.8, 4) is 11.4 Å². The van der Waals surface area contributed by atoms with Gasteiger partial charge in [-0.3, -0.25) is 4.79 Å². The van der Waals surface area contributed by atoms with Crippen molar-refractivity contribution in [2.75, 3.05) is 12.8 Å². The zero-order valence-corrected chi connectivity index (χ0v) is 17.7. The largest absolute Gasteiger partial charge is 0.341 e. The van der Waals surface area contributed by atoms with Gasteiger partial charge in [0.15, 0.2) is 11.0 Å². The van der Waals surface area contributed by atoms with Crippen LogP contribution in [0.25, 0.3) is 11.4 Å². The molecular weight excluding hydrogens is 368 g/mol. The predicted octanol–water partition coefficient (Wildman–Crippen LogP) is 4.33. The van der Waals surface area contributed by atoms with Crippen LogP contribution in [0.15, 0.2) is 53.7 Å². The van der Waals surface area contributed by atoms with Crippen molar-refractivity contribution < 1.29 is 4.79 Å². The Labute approximate surface area is 170 Å². The Morgan fingerprint density at radius 1 is 1.11 bits per heavy atom. The Morgan fingerprint density at radius 3 is 2.61 bits per heavy atom. The highest BCUT2D eigenvalue weighted by Gasteiger charge is 2.16. The average Bonchev–Trinajstić information content (AvgIpc) is 3.10. The molecule has 1 aromatic heterocycles. The number of aromatic nitrogens is 3. The van der Waals surface area contributed by atoms with Crippen LogP contribution in [0.4, 0.5) is 0 Å². The minimum absolute atomic E-state index is 0.0796. The zero-order valence-electron chi connectivity index (χ0n) is 16.8. The van der Waals surface area contributed by atoms with Gasteiger partial charge in [-0.25, -0.2) is 0 Å². The average molecular weight is 395 g/mol. The van der Waals surface area contributed by atoms with Crippen LogP contribution in [-0.2, 0) is 17.9 Å². The monoisotopic (exact) mass is 394 g/mol. The van der Waals surface area contributed by atoms with E-state index in [0.29, 0.717) is 12.3 Å². The summed E-state index contributed by atoms with van der Waals surface area (Å²) in [5, 5.41) is 9.47. The van der Waals surface area contributed by atoms with Crippen molar-refractivity contribution in [3.05, 3.63) is 65.2 Å². The van der Waals surface area contributed by atoms with E-state index in [1.807, 2.05) is 31.3 Å². The Balaban J connectivity index is 1.67. The van der Waals surface area contributed by atoms with Gasteiger partial charge in [0.2, 0.25) is 5.91 Å². The zero-order chi connectivity index (χ0) is 20.1. The van der Waals surface area contributed by atoms with Crippen molar-refractivity contribution in [2.24, 2.45) is 0 Å². The van der Waals surface area contributed by atoms with Crippen molar-refractivity contribution in [1.82, 2.24) is 19.7 Å². The molecule has 28 heavy (non-hydrogen) atoms. The summed E-state index contributed by atoms with van der Waals surface area (Å²) in [5.41, 5.74) is 4.60. The molecule has 0 aliphatic heterocycles. The number of hydrogen-bond donors (Lipinski definition) is 0. The maximum Gasteiger partial charge on any atom is 0.233 e. The molecule has 0 fully saturated rings. The number of thioether (sulfide) groups is 1. The van der Waals surface area contributed by atoms with E-state index in [1.165, 1.54) is 28.5 Å². The molecule has 146 valence electrons. The number of nitrogens with zero attached hydrogens (tertiary/aromatic N) is 4. The number of benzene rings is 2. The maximum absolute atomic E-state index is 12.6. The summed E-state index contributed by atoms with van der Waals surface area (Å²) in [6, 6.07) is 16.4. The molecular formula is C22H26N4OS. The summed E-state index contributed by atoms with van der Waals surface area (Å²) in [5.74, 6) is 1.26. The predicted molar refractivity (Wildman–Crippen MR) is 114 cm³/mol. The molecule has 0 spiro atoms. The number of hydrogen-bond acceptors (Lipinski definition) is 4. The minimum atomic E-state index is 0.0796. The fourth-order valence-corrected chi connectivity index (χ4v) is 3.99. The van der Waals surface area contributed by atoms with Crippen LogP contribution in [0.1, 0.15) is 23.6 Å². The molecule has 1 amide bonds. The highest BCUT2D eigenvalue weighted by atomic mass is 32.2. The number of carbonyl (C=O) groups is 1. The van der Waals surface area contributed by atoms with Crippen molar-refractivity contribution in [2.45, 2.75) is 39.0 Å². The molecule has 0 radical (unpaired) electrons. The van der Waals surface area contributed by atoms with E-state index in [0.717, 1.165) is 23.1 Å². The van der Waals surface area contributed by atoms with Gasteiger partial charge in [-0.05, 0) is 38.0 Å². The molecule has 5 nitrogen and oxygen atoms in total. The number of carbonyl (C=O) groups excluding carboxylic acids is 1. The summed E-state index contributed by atoms with van der Waals surface area (Å²) in [4.78, 5) is 14.4. The highest BCUT2D eigenvalue weighted by Crippen LogP contribution is 2.25. The summed E-state index contributed by atoms with van der Waals surface area (Å²) in [6.45, 7) is 7.57. The SMILES string of the molecule is CCn1c(SCC(=O)N(C)Cc2ccccc2C)nnc1-c1cccc(C)c1. The minimum Gasteiger partial charge on any atom is -0.341 e. The maximum atomic E-state index is 12.6. The second-order valence-electron chi connectivity index (χ2n) is 6.88. The first-order chi connectivity index (χ1) is 13.5. The Kier molecular flexibility index (Phi) is 6.52. The lowest BCUT2D eigenvalue weighted by Gasteiger charge is -2.18. The molecule has 0 aliphatic rings. The number of rotatable bonds is 7. The third-order valence-electron chi connectivity index (χ3n) is 4.73. The van der Waals surface area contributed by atoms with Gasteiger partial charge in [-0.2, -0.15) is 0 Å². The van der Waals surface area contributed by atoms with Crippen LogP contribution in [0.3, 0.4) is 0 Å². The summed E-state index contributed by atoms with van der Waals surface area (Å²) >= 11 is 1.44. The standard InChI is InChI=1S/C22H26N4OS/c1-5-26-21(18-12-8-9-16(2)13-18)23-24-22(26)28-15-20(27)25(4)14-19-11-7-6-10-17(19)3/h6-13H,5,14-15H2,1-4H3. The van der Waals surface area contributed by atoms with E-state index in [1.54, 1.807) is 4.90 Å². The van der Waals surface area contributed by atoms with Crippen LogP contribution < -0.4 is 0 Å². The van der Waals surface area contributed by atoms with Gasteiger partial charge >= 0.3 is 0 Å². The normalized spacial score (nSPS) is 10.9. The molecule has 0 bridgehead atoms. The van der Waals surface area contributed by atoms with Crippen LogP contribution in [0.5, 0.6) is 0 Å². The number of aryl methyl sites for hydroxylation is 2. The van der Waals surface area contributed by atoms with Crippen molar-refractivity contribution in [3.63, 3.8) is 0 Å². The molecule has 3 rings (SSSR count). The molecule has 2 aromatic carbocycles. The first kappa shape index (κ1) is 20.1. The van der Waals surface area contributed by atoms with E-state index in [2.05, 4.69) is 59.8 Å². The summed E-state index contributed by atoms with van der Waals surface area (Å²) < 4.78 is 2.06. The van der Waals surface area contributed by atoms with Gasteiger partial charge in [-0.1, -0.05) is 59.8 Å². The van der Waals surface area contributed by atoms with Crippen LogP contribution >= 0.6 is 11.8 Å². The van der Waals surface area contributed by atoms with Gasteiger partial charge in [0, 0.05) is 25.7 Å². The highest BCUT2D eigenvalue weighted by molar-refractivity contribution is 7.99. The van der Waals surface area contributed by atoms with Gasteiger partial charge in [-0.15, -0.1) is 10.2 Å². The topological polar surface area (TPSA) is 51.0 Å². The third kappa shape index (κ3) is 4.62. The quantitative estimate of drug-likeness (QED) is 0.560. The van der Waals surface area contributed by atoms with Crippen molar-refractivity contribution >= 4 is 17.7 Å². The first-order valence-electron chi connectivity index (χ1n) is 9.41. The molecule has 0 aliphatic carbocycles. The molecule has 1 heterocycles.